The first kappa shape index (κ1) is 13.1. The van der Waals surface area contributed by atoms with E-state index in [9.17, 15) is 13.6 Å². The van der Waals surface area contributed by atoms with E-state index in [1.807, 2.05) is 0 Å². The molecule has 3 aromatic rings. The van der Waals surface area contributed by atoms with Gasteiger partial charge in [0.05, 0.1) is 11.3 Å². The molecule has 4 nitrogen and oxygen atoms in total. The molecule has 0 atom stereocenters. The number of benzene rings is 2. The first-order valence-corrected chi connectivity index (χ1v) is 6.09. The molecule has 21 heavy (non-hydrogen) atoms. The molecule has 0 fully saturated rings. The fraction of sp³-hybridized carbons (Fsp3) is 0. The molecule has 6 heteroatoms. The highest BCUT2D eigenvalue weighted by molar-refractivity contribution is 6.13. The zero-order valence-corrected chi connectivity index (χ0v) is 10.7. The minimum absolute atomic E-state index is 0.0601. The van der Waals surface area contributed by atoms with Crippen molar-refractivity contribution in [2.24, 2.45) is 0 Å². The van der Waals surface area contributed by atoms with Crippen molar-refractivity contribution in [3.63, 3.8) is 0 Å². The Kier molecular flexibility index (Phi) is 3.06. The van der Waals surface area contributed by atoms with Gasteiger partial charge in [0, 0.05) is 5.39 Å². The van der Waals surface area contributed by atoms with Gasteiger partial charge in [-0.1, -0.05) is 18.2 Å². The smallest absolute Gasteiger partial charge is 0.259 e. The highest BCUT2D eigenvalue weighted by atomic mass is 19.2. The average Bonchev–Trinajstić information content (AvgIpc) is 2.91. The van der Waals surface area contributed by atoms with Crippen LogP contribution in [0.15, 0.2) is 47.1 Å². The van der Waals surface area contributed by atoms with E-state index in [4.69, 9.17) is 10.2 Å². The van der Waals surface area contributed by atoms with Gasteiger partial charge in [-0.3, -0.25) is 4.79 Å². The zero-order valence-electron chi connectivity index (χ0n) is 10.7. The first-order chi connectivity index (χ1) is 10.1. The van der Waals surface area contributed by atoms with Crippen molar-refractivity contribution in [3.05, 3.63) is 59.9 Å². The van der Waals surface area contributed by atoms with Gasteiger partial charge in [-0.2, -0.15) is 0 Å². The van der Waals surface area contributed by atoms with Crippen LogP contribution in [-0.4, -0.2) is 5.91 Å². The van der Waals surface area contributed by atoms with Gasteiger partial charge in [0.1, 0.15) is 17.5 Å². The van der Waals surface area contributed by atoms with Crippen LogP contribution in [-0.2, 0) is 0 Å². The fourth-order valence-corrected chi connectivity index (χ4v) is 2.03. The Morgan fingerprint density at radius 2 is 1.90 bits per heavy atom. The minimum atomic E-state index is -1.20. The standard InChI is InChI=1S/C15H10F2N2O2/c16-10-5-6-11(18)14(13(10)17)19-15(20)9-7-21-12-4-2-1-3-8(9)12/h1-7H,18H2,(H,19,20). The number of nitrogen functional groups attached to an aromatic ring is 1. The zero-order chi connectivity index (χ0) is 15.0. The third-order valence-corrected chi connectivity index (χ3v) is 3.09. The van der Waals surface area contributed by atoms with Crippen molar-refractivity contribution in [1.82, 2.24) is 0 Å². The molecule has 3 rings (SSSR count). The molecule has 1 amide bonds. The summed E-state index contributed by atoms with van der Waals surface area (Å²) in [7, 11) is 0. The molecule has 2 aromatic carbocycles. The molecule has 1 heterocycles. The topological polar surface area (TPSA) is 68.3 Å². The highest BCUT2D eigenvalue weighted by Gasteiger charge is 2.18. The number of anilines is 2. The average molecular weight is 288 g/mol. The molecule has 0 unspecified atom stereocenters. The number of furan rings is 1. The van der Waals surface area contributed by atoms with E-state index >= 15 is 0 Å². The first-order valence-electron chi connectivity index (χ1n) is 6.09. The van der Waals surface area contributed by atoms with E-state index in [0.29, 0.717) is 11.0 Å². The predicted molar refractivity (Wildman–Crippen MR) is 74.9 cm³/mol. The van der Waals surface area contributed by atoms with Crippen molar-refractivity contribution in [2.75, 3.05) is 11.1 Å². The quantitative estimate of drug-likeness (QED) is 0.709. The molecular formula is C15H10F2N2O2. The number of amides is 1. The van der Waals surface area contributed by atoms with Crippen molar-refractivity contribution in [3.8, 4) is 0 Å². The Morgan fingerprint density at radius 1 is 1.14 bits per heavy atom. The third-order valence-electron chi connectivity index (χ3n) is 3.09. The Labute approximate surface area is 118 Å². The van der Waals surface area contributed by atoms with Gasteiger partial charge < -0.3 is 15.5 Å². The number of carbonyl (C=O) groups is 1. The molecule has 0 saturated heterocycles. The second-order valence-electron chi connectivity index (χ2n) is 4.43. The number of nitrogens with one attached hydrogen (secondary N) is 1. The summed E-state index contributed by atoms with van der Waals surface area (Å²) < 4.78 is 32.1. The fourth-order valence-electron chi connectivity index (χ4n) is 2.03. The second kappa shape index (κ2) is 4.90. The Balaban J connectivity index is 1.99. The number of para-hydroxylation sites is 1. The molecular weight excluding hydrogens is 278 g/mol. The van der Waals surface area contributed by atoms with Gasteiger partial charge >= 0.3 is 0 Å². The van der Waals surface area contributed by atoms with Gasteiger partial charge in [-0.25, -0.2) is 8.78 Å². The SMILES string of the molecule is Nc1ccc(F)c(F)c1NC(=O)c1coc2ccccc12. The van der Waals surface area contributed by atoms with E-state index in [1.54, 1.807) is 24.3 Å². The lowest BCUT2D eigenvalue weighted by atomic mass is 10.1. The molecule has 0 aliphatic carbocycles. The van der Waals surface area contributed by atoms with Crippen LogP contribution in [0.1, 0.15) is 10.4 Å². The maximum atomic E-state index is 13.7. The molecule has 0 aliphatic heterocycles. The van der Waals surface area contributed by atoms with E-state index in [0.717, 1.165) is 6.07 Å². The van der Waals surface area contributed by atoms with Crippen LogP contribution >= 0.6 is 0 Å². The van der Waals surface area contributed by atoms with Gasteiger partial charge in [0.2, 0.25) is 0 Å². The van der Waals surface area contributed by atoms with E-state index in [1.165, 1.54) is 12.3 Å². The van der Waals surface area contributed by atoms with Crippen molar-refractivity contribution in [1.29, 1.82) is 0 Å². The lowest BCUT2D eigenvalue weighted by Crippen LogP contribution is -2.14. The number of halogens is 2. The van der Waals surface area contributed by atoms with Gasteiger partial charge in [-0.15, -0.1) is 0 Å². The van der Waals surface area contributed by atoms with E-state index < -0.39 is 17.5 Å². The summed E-state index contributed by atoms with van der Waals surface area (Å²) in [6, 6.07) is 8.97. The van der Waals surface area contributed by atoms with Crippen LogP contribution in [0.4, 0.5) is 20.2 Å². The number of hydrogen-bond donors (Lipinski definition) is 2. The summed E-state index contributed by atoms with van der Waals surface area (Å²) in [6.45, 7) is 0. The number of fused-ring (bicyclic) bond motifs is 1. The molecule has 0 bridgehead atoms. The number of nitrogens with two attached hydrogens (primary N) is 1. The van der Waals surface area contributed by atoms with Crippen molar-refractivity contribution >= 4 is 28.3 Å². The summed E-state index contributed by atoms with van der Waals surface area (Å²) in [6.07, 6.45) is 1.26. The number of carbonyl (C=O) groups excluding carboxylic acids is 1. The lowest BCUT2D eigenvalue weighted by Gasteiger charge is -2.09. The predicted octanol–water partition coefficient (Wildman–Crippen LogP) is 3.55. The summed E-state index contributed by atoms with van der Waals surface area (Å²) in [5.74, 6) is -2.91. The number of rotatable bonds is 2. The van der Waals surface area contributed by atoms with Crippen LogP contribution in [0.3, 0.4) is 0 Å². The highest BCUT2D eigenvalue weighted by Crippen LogP contribution is 2.27. The second-order valence-corrected chi connectivity index (χ2v) is 4.43. The lowest BCUT2D eigenvalue weighted by molar-refractivity contribution is 0.102. The number of hydrogen-bond acceptors (Lipinski definition) is 3. The molecule has 1 aromatic heterocycles. The van der Waals surface area contributed by atoms with Crippen LogP contribution < -0.4 is 11.1 Å². The monoisotopic (exact) mass is 288 g/mol. The third kappa shape index (κ3) is 2.20. The molecule has 0 saturated carbocycles. The minimum Gasteiger partial charge on any atom is -0.463 e. The largest absolute Gasteiger partial charge is 0.463 e. The van der Waals surface area contributed by atoms with Crippen LogP contribution in [0.25, 0.3) is 11.0 Å². The molecule has 0 spiro atoms. The van der Waals surface area contributed by atoms with E-state index in [2.05, 4.69) is 5.32 Å². The van der Waals surface area contributed by atoms with E-state index in [-0.39, 0.29) is 16.9 Å². The molecule has 106 valence electrons. The molecule has 3 N–H and O–H groups in total. The summed E-state index contributed by atoms with van der Waals surface area (Å²) in [4.78, 5) is 12.2. The maximum Gasteiger partial charge on any atom is 0.259 e. The van der Waals surface area contributed by atoms with Gasteiger partial charge in [0.15, 0.2) is 11.6 Å². The summed E-state index contributed by atoms with van der Waals surface area (Å²) in [5, 5.41) is 2.85. The summed E-state index contributed by atoms with van der Waals surface area (Å²) >= 11 is 0. The van der Waals surface area contributed by atoms with Crippen molar-refractivity contribution < 1.29 is 18.0 Å². The van der Waals surface area contributed by atoms with Gasteiger partial charge in [0.25, 0.3) is 5.91 Å². The van der Waals surface area contributed by atoms with Crippen LogP contribution in [0, 0.1) is 11.6 Å². The molecule has 0 radical (unpaired) electrons. The van der Waals surface area contributed by atoms with Crippen LogP contribution in [0.2, 0.25) is 0 Å². The van der Waals surface area contributed by atoms with Crippen LogP contribution in [0.5, 0.6) is 0 Å². The van der Waals surface area contributed by atoms with Gasteiger partial charge in [-0.05, 0) is 18.2 Å². The molecule has 0 aliphatic rings. The Bertz CT molecular complexity index is 843. The maximum absolute atomic E-state index is 13.7. The normalized spacial score (nSPS) is 10.8. The Hall–Kier alpha value is -2.89. The Morgan fingerprint density at radius 3 is 2.71 bits per heavy atom. The van der Waals surface area contributed by atoms with Crippen molar-refractivity contribution in [2.45, 2.75) is 0 Å². The summed E-state index contributed by atoms with van der Waals surface area (Å²) in [5.41, 5.74) is 5.86.